The average Bonchev–Trinajstić information content (AvgIpc) is 2.21. The Labute approximate surface area is 105 Å². The topological polar surface area (TPSA) is 44.5 Å². The molecular weight excluding hydrogens is 270 g/mol. The van der Waals surface area contributed by atoms with E-state index in [1.807, 2.05) is 13.0 Å². The Bertz CT molecular complexity index is 353. The summed E-state index contributed by atoms with van der Waals surface area (Å²) in [5, 5.41) is 0. The molecule has 1 atom stereocenters. The van der Waals surface area contributed by atoms with Gasteiger partial charge in [0.1, 0.15) is 5.75 Å². The van der Waals surface area contributed by atoms with E-state index in [2.05, 4.69) is 22.0 Å². The number of nitrogens with two attached hydrogens (primary N) is 1. The van der Waals surface area contributed by atoms with Crippen molar-refractivity contribution in [2.45, 2.75) is 26.0 Å². The van der Waals surface area contributed by atoms with Crippen LogP contribution in [-0.2, 0) is 17.8 Å². The van der Waals surface area contributed by atoms with Crippen molar-refractivity contribution in [2.24, 2.45) is 5.73 Å². The molecule has 1 unspecified atom stereocenters. The van der Waals surface area contributed by atoms with E-state index < -0.39 is 0 Å². The number of halogens is 1. The lowest BCUT2D eigenvalue weighted by atomic mass is 10.0. The molecule has 1 rings (SSSR count). The molecule has 2 N–H and O–H groups in total. The van der Waals surface area contributed by atoms with E-state index >= 15 is 0 Å². The summed E-state index contributed by atoms with van der Waals surface area (Å²) < 4.78 is 11.4. The van der Waals surface area contributed by atoms with Gasteiger partial charge in [-0.1, -0.05) is 0 Å². The summed E-state index contributed by atoms with van der Waals surface area (Å²) in [6, 6.07) is 4.18. The van der Waals surface area contributed by atoms with Crippen LogP contribution in [0.15, 0.2) is 16.6 Å². The molecule has 0 saturated heterocycles. The first-order valence-electron chi connectivity index (χ1n) is 5.18. The molecule has 1 aromatic rings. The van der Waals surface area contributed by atoms with Gasteiger partial charge in [0.2, 0.25) is 0 Å². The molecule has 16 heavy (non-hydrogen) atoms. The van der Waals surface area contributed by atoms with Crippen LogP contribution in [0.5, 0.6) is 5.75 Å². The first kappa shape index (κ1) is 13.5. The quantitative estimate of drug-likeness (QED) is 0.905. The molecule has 0 heterocycles. The number of benzene rings is 1. The molecule has 0 aliphatic heterocycles. The van der Waals surface area contributed by atoms with Crippen molar-refractivity contribution in [1.82, 2.24) is 0 Å². The zero-order valence-electron chi connectivity index (χ0n) is 9.92. The van der Waals surface area contributed by atoms with Gasteiger partial charge in [0.05, 0.1) is 18.2 Å². The maximum Gasteiger partial charge on any atom is 0.133 e. The second-order valence-corrected chi connectivity index (χ2v) is 4.72. The highest BCUT2D eigenvalue weighted by Crippen LogP contribution is 2.29. The molecule has 4 heteroatoms. The molecular formula is C12H18BrNO2. The lowest BCUT2D eigenvalue weighted by Gasteiger charge is -2.14. The Balaban J connectivity index is 3.08. The van der Waals surface area contributed by atoms with Gasteiger partial charge in [0.15, 0.2) is 0 Å². The summed E-state index contributed by atoms with van der Waals surface area (Å²) >= 11 is 3.48. The fraction of sp³-hybridized carbons (Fsp3) is 0.500. The molecule has 0 fully saturated rings. The molecule has 90 valence electrons. The van der Waals surface area contributed by atoms with Crippen LogP contribution in [-0.4, -0.2) is 20.3 Å². The zero-order valence-corrected chi connectivity index (χ0v) is 11.5. The third-order valence-electron chi connectivity index (χ3n) is 2.32. The number of methoxy groups -OCH3 is 2. The van der Waals surface area contributed by atoms with Crippen molar-refractivity contribution in [1.29, 1.82) is 0 Å². The summed E-state index contributed by atoms with van der Waals surface area (Å²) in [5.74, 6) is 0.820. The first-order valence-corrected chi connectivity index (χ1v) is 5.97. The lowest BCUT2D eigenvalue weighted by Crippen LogP contribution is -2.19. The molecule has 0 bridgehead atoms. The fourth-order valence-electron chi connectivity index (χ4n) is 1.62. The third kappa shape index (κ3) is 3.47. The molecule has 1 aromatic carbocycles. The third-order valence-corrected chi connectivity index (χ3v) is 2.94. The maximum atomic E-state index is 5.82. The first-order chi connectivity index (χ1) is 7.58. The molecule has 0 amide bonds. The van der Waals surface area contributed by atoms with Gasteiger partial charge in [-0.15, -0.1) is 0 Å². The highest BCUT2D eigenvalue weighted by atomic mass is 79.9. The van der Waals surface area contributed by atoms with Gasteiger partial charge < -0.3 is 15.2 Å². The summed E-state index contributed by atoms with van der Waals surface area (Å²) in [6.45, 7) is 2.57. The van der Waals surface area contributed by atoms with Crippen LogP contribution in [0.3, 0.4) is 0 Å². The summed E-state index contributed by atoms with van der Waals surface area (Å²) in [4.78, 5) is 0. The van der Waals surface area contributed by atoms with Crippen molar-refractivity contribution in [3.05, 3.63) is 27.7 Å². The van der Waals surface area contributed by atoms with Crippen LogP contribution in [0.4, 0.5) is 0 Å². The summed E-state index contributed by atoms with van der Waals surface area (Å²) in [5.41, 5.74) is 8.15. The van der Waals surface area contributed by atoms with E-state index in [0.29, 0.717) is 6.61 Å². The highest BCUT2D eigenvalue weighted by Gasteiger charge is 2.10. The number of rotatable bonds is 5. The minimum Gasteiger partial charge on any atom is -0.496 e. The largest absolute Gasteiger partial charge is 0.496 e. The van der Waals surface area contributed by atoms with E-state index in [4.69, 9.17) is 15.2 Å². The van der Waals surface area contributed by atoms with Crippen molar-refractivity contribution in [3.63, 3.8) is 0 Å². The van der Waals surface area contributed by atoms with Crippen LogP contribution in [0, 0.1) is 0 Å². The van der Waals surface area contributed by atoms with E-state index in [-0.39, 0.29) is 6.04 Å². The smallest absolute Gasteiger partial charge is 0.133 e. The SMILES string of the molecule is COCc1cc(OC)c(Br)cc1CC(C)N. The highest BCUT2D eigenvalue weighted by molar-refractivity contribution is 9.10. The number of hydrogen-bond donors (Lipinski definition) is 1. The molecule has 0 radical (unpaired) electrons. The van der Waals surface area contributed by atoms with Gasteiger partial charge in [0, 0.05) is 13.2 Å². The van der Waals surface area contributed by atoms with Crippen LogP contribution in [0.1, 0.15) is 18.1 Å². The lowest BCUT2D eigenvalue weighted by molar-refractivity contribution is 0.183. The summed E-state index contributed by atoms with van der Waals surface area (Å²) in [6.07, 6.45) is 0.835. The van der Waals surface area contributed by atoms with E-state index in [0.717, 1.165) is 22.2 Å². The standard InChI is InChI=1S/C12H18BrNO2/c1-8(14)4-9-5-11(13)12(16-3)6-10(9)7-15-2/h5-6,8H,4,7,14H2,1-3H3. The predicted molar refractivity (Wildman–Crippen MR) is 68.8 cm³/mol. The molecule has 0 aromatic heterocycles. The summed E-state index contributed by atoms with van der Waals surface area (Å²) in [7, 11) is 3.34. The van der Waals surface area contributed by atoms with Gasteiger partial charge in [-0.05, 0) is 52.5 Å². The van der Waals surface area contributed by atoms with Gasteiger partial charge in [-0.3, -0.25) is 0 Å². The van der Waals surface area contributed by atoms with Crippen LogP contribution < -0.4 is 10.5 Å². The second kappa shape index (κ2) is 6.23. The van der Waals surface area contributed by atoms with Crippen LogP contribution >= 0.6 is 15.9 Å². The van der Waals surface area contributed by atoms with Gasteiger partial charge in [-0.2, -0.15) is 0 Å². The Hall–Kier alpha value is -0.580. The minimum absolute atomic E-state index is 0.135. The number of ether oxygens (including phenoxy) is 2. The van der Waals surface area contributed by atoms with Crippen molar-refractivity contribution in [2.75, 3.05) is 14.2 Å². The van der Waals surface area contributed by atoms with E-state index in [9.17, 15) is 0 Å². The maximum absolute atomic E-state index is 5.82. The molecule has 0 aliphatic carbocycles. The Morgan fingerprint density at radius 3 is 2.50 bits per heavy atom. The normalized spacial score (nSPS) is 12.6. The van der Waals surface area contributed by atoms with Crippen LogP contribution in [0.2, 0.25) is 0 Å². The van der Waals surface area contributed by atoms with Crippen molar-refractivity contribution in [3.8, 4) is 5.75 Å². The van der Waals surface area contributed by atoms with Gasteiger partial charge in [-0.25, -0.2) is 0 Å². The molecule has 0 spiro atoms. The monoisotopic (exact) mass is 287 g/mol. The van der Waals surface area contributed by atoms with Crippen molar-refractivity contribution < 1.29 is 9.47 Å². The fourth-order valence-corrected chi connectivity index (χ4v) is 2.17. The molecule has 0 saturated carbocycles. The Kier molecular flexibility index (Phi) is 5.25. The minimum atomic E-state index is 0.135. The Morgan fingerprint density at radius 1 is 1.31 bits per heavy atom. The zero-order chi connectivity index (χ0) is 12.1. The Morgan fingerprint density at radius 2 is 2.00 bits per heavy atom. The number of hydrogen-bond acceptors (Lipinski definition) is 3. The van der Waals surface area contributed by atoms with E-state index in [1.165, 1.54) is 5.56 Å². The van der Waals surface area contributed by atoms with Gasteiger partial charge >= 0.3 is 0 Å². The van der Waals surface area contributed by atoms with Crippen LogP contribution in [0.25, 0.3) is 0 Å². The molecule has 0 aliphatic rings. The van der Waals surface area contributed by atoms with Gasteiger partial charge in [0.25, 0.3) is 0 Å². The van der Waals surface area contributed by atoms with Crippen molar-refractivity contribution >= 4 is 15.9 Å². The molecule has 3 nitrogen and oxygen atoms in total. The second-order valence-electron chi connectivity index (χ2n) is 3.87. The van der Waals surface area contributed by atoms with E-state index in [1.54, 1.807) is 14.2 Å². The predicted octanol–water partition coefficient (Wildman–Crippen LogP) is 2.49. The average molecular weight is 288 g/mol.